The van der Waals surface area contributed by atoms with Crippen molar-refractivity contribution in [2.45, 2.75) is 30.7 Å². The second kappa shape index (κ2) is 7.11. The number of aryl methyl sites for hydroxylation is 1. The summed E-state index contributed by atoms with van der Waals surface area (Å²) in [4.78, 5) is 15.2. The van der Waals surface area contributed by atoms with Crippen molar-refractivity contribution < 1.29 is 17.9 Å². The predicted octanol–water partition coefficient (Wildman–Crippen LogP) is 3.38. The molecule has 1 heterocycles. The topological polar surface area (TPSA) is 63.7 Å². The van der Waals surface area contributed by atoms with Crippen LogP contribution in [0, 0.1) is 6.92 Å². The molecule has 1 unspecified atom stereocenters. The van der Waals surface area contributed by atoms with Crippen molar-refractivity contribution in [3.63, 3.8) is 0 Å². The summed E-state index contributed by atoms with van der Waals surface area (Å²) in [5.74, 6) is 0.660. The normalized spacial score (nSPS) is 17.3. The van der Waals surface area contributed by atoms with Crippen LogP contribution in [0.1, 0.15) is 40.4 Å². The molecule has 1 saturated heterocycles. The molecule has 0 N–H and O–H groups in total. The van der Waals surface area contributed by atoms with Crippen LogP contribution in [-0.2, 0) is 9.84 Å². The van der Waals surface area contributed by atoms with E-state index in [-0.39, 0.29) is 16.8 Å². The van der Waals surface area contributed by atoms with Gasteiger partial charge in [0.05, 0.1) is 18.0 Å². The molecule has 0 radical (unpaired) electrons. The van der Waals surface area contributed by atoms with Crippen molar-refractivity contribution >= 4 is 15.7 Å². The smallest absolute Gasteiger partial charge is 0.254 e. The predicted molar refractivity (Wildman–Crippen MR) is 100 cm³/mol. The number of methoxy groups -OCH3 is 1. The lowest BCUT2D eigenvalue weighted by Gasteiger charge is -2.26. The molecule has 1 amide bonds. The van der Waals surface area contributed by atoms with Gasteiger partial charge < -0.3 is 9.64 Å². The van der Waals surface area contributed by atoms with Gasteiger partial charge in [0, 0.05) is 18.4 Å². The fraction of sp³-hybridized carbons (Fsp3) is 0.350. The van der Waals surface area contributed by atoms with E-state index in [0.29, 0.717) is 12.1 Å². The van der Waals surface area contributed by atoms with E-state index in [1.54, 1.807) is 19.2 Å². The number of hydrogen-bond donors (Lipinski definition) is 0. The lowest BCUT2D eigenvalue weighted by molar-refractivity contribution is 0.0734. The largest absolute Gasteiger partial charge is 0.497 e. The van der Waals surface area contributed by atoms with E-state index in [4.69, 9.17) is 4.74 Å². The SMILES string of the molecule is COc1ccc(C2CCCN2C(=O)c2cc(S(C)(=O)=O)ccc2C)cc1. The van der Waals surface area contributed by atoms with E-state index >= 15 is 0 Å². The first-order valence-electron chi connectivity index (χ1n) is 8.57. The van der Waals surface area contributed by atoms with Gasteiger partial charge in [-0.15, -0.1) is 0 Å². The van der Waals surface area contributed by atoms with Crippen molar-refractivity contribution in [3.05, 3.63) is 59.2 Å². The van der Waals surface area contributed by atoms with E-state index in [1.807, 2.05) is 36.1 Å². The number of carbonyl (C=O) groups excluding carboxylic acids is 1. The van der Waals surface area contributed by atoms with Crippen molar-refractivity contribution in [1.29, 1.82) is 0 Å². The molecule has 1 fully saturated rings. The van der Waals surface area contributed by atoms with Gasteiger partial charge >= 0.3 is 0 Å². The third-order valence-electron chi connectivity index (χ3n) is 4.88. The highest BCUT2D eigenvalue weighted by Crippen LogP contribution is 2.34. The first-order chi connectivity index (χ1) is 12.3. The van der Waals surface area contributed by atoms with Crippen LogP contribution in [0.2, 0.25) is 0 Å². The summed E-state index contributed by atoms with van der Waals surface area (Å²) in [6.45, 7) is 2.50. The molecule has 0 aliphatic carbocycles. The molecule has 1 aliphatic rings. The highest BCUT2D eigenvalue weighted by Gasteiger charge is 2.31. The molecule has 1 aliphatic heterocycles. The fourth-order valence-electron chi connectivity index (χ4n) is 3.40. The molecular weight excluding hydrogens is 350 g/mol. The Morgan fingerprint density at radius 1 is 1.15 bits per heavy atom. The fourth-order valence-corrected chi connectivity index (χ4v) is 4.05. The molecule has 5 nitrogen and oxygen atoms in total. The summed E-state index contributed by atoms with van der Waals surface area (Å²) in [5.41, 5.74) is 2.30. The summed E-state index contributed by atoms with van der Waals surface area (Å²) in [6, 6.07) is 12.5. The first-order valence-corrected chi connectivity index (χ1v) is 10.5. The zero-order chi connectivity index (χ0) is 18.9. The van der Waals surface area contributed by atoms with Crippen molar-refractivity contribution in [3.8, 4) is 5.75 Å². The minimum atomic E-state index is -3.36. The number of ether oxygens (including phenoxy) is 1. The summed E-state index contributed by atoms with van der Waals surface area (Å²) in [5, 5.41) is 0. The number of carbonyl (C=O) groups is 1. The zero-order valence-electron chi connectivity index (χ0n) is 15.2. The molecular formula is C20H23NO4S. The molecule has 0 bridgehead atoms. The van der Waals surface area contributed by atoms with Crippen LogP contribution in [0.15, 0.2) is 47.4 Å². The summed E-state index contributed by atoms with van der Waals surface area (Å²) in [6.07, 6.45) is 2.97. The molecule has 1 atom stereocenters. The molecule has 0 aromatic heterocycles. The van der Waals surface area contributed by atoms with Gasteiger partial charge in [-0.1, -0.05) is 18.2 Å². The van der Waals surface area contributed by atoms with Gasteiger partial charge in [-0.05, 0) is 55.2 Å². The Kier molecular flexibility index (Phi) is 5.05. The maximum absolute atomic E-state index is 13.2. The number of amides is 1. The minimum Gasteiger partial charge on any atom is -0.497 e. The quantitative estimate of drug-likeness (QED) is 0.824. The minimum absolute atomic E-state index is 0.00491. The molecule has 0 spiro atoms. The molecule has 2 aromatic carbocycles. The van der Waals surface area contributed by atoms with Crippen LogP contribution >= 0.6 is 0 Å². The second-order valence-corrected chi connectivity index (χ2v) is 8.69. The van der Waals surface area contributed by atoms with Crippen molar-refractivity contribution in [1.82, 2.24) is 4.90 Å². The van der Waals surface area contributed by atoms with Crippen LogP contribution in [0.25, 0.3) is 0 Å². The summed E-state index contributed by atoms with van der Waals surface area (Å²) < 4.78 is 28.9. The Morgan fingerprint density at radius 2 is 1.85 bits per heavy atom. The van der Waals surface area contributed by atoms with Crippen molar-refractivity contribution in [2.75, 3.05) is 19.9 Å². The van der Waals surface area contributed by atoms with E-state index in [1.165, 1.54) is 6.07 Å². The van der Waals surface area contributed by atoms with Gasteiger partial charge in [0.2, 0.25) is 0 Å². The zero-order valence-corrected chi connectivity index (χ0v) is 16.0. The Morgan fingerprint density at radius 3 is 2.46 bits per heavy atom. The molecule has 26 heavy (non-hydrogen) atoms. The first kappa shape index (κ1) is 18.5. The molecule has 6 heteroatoms. The van der Waals surface area contributed by atoms with E-state index in [2.05, 4.69) is 0 Å². The number of benzene rings is 2. The molecule has 138 valence electrons. The maximum Gasteiger partial charge on any atom is 0.254 e. The number of rotatable bonds is 4. The van der Waals surface area contributed by atoms with Crippen LogP contribution in [0.4, 0.5) is 0 Å². The van der Waals surface area contributed by atoms with Gasteiger partial charge in [-0.2, -0.15) is 0 Å². The Balaban J connectivity index is 1.93. The molecule has 0 saturated carbocycles. The third kappa shape index (κ3) is 3.60. The van der Waals surface area contributed by atoms with Gasteiger partial charge in [0.15, 0.2) is 9.84 Å². The number of nitrogens with zero attached hydrogens (tertiary/aromatic N) is 1. The highest BCUT2D eigenvalue weighted by molar-refractivity contribution is 7.90. The van der Waals surface area contributed by atoms with Gasteiger partial charge in [0.1, 0.15) is 5.75 Å². The lowest BCUT2D eigenvalue weighted by Crippen LogP contribution is -2.31. The average Bonchev–Trinajstić information content (AvgIpc) is 3.10. The Hall–Kier alpha value is -2.34. The second-order valence-electron chi connectivity index (χ2n) is 6.68. The van der Waals surface area contributed by atoms with E-state index in [0.717, 1.165) is 36.0 Å². The average molecular weight is 373 g/mol. The Labute approximate surface area is 154 Å². The molecule has 2 aromatic rings. The Bertz CT molecular complexity index is 919. The van der Waals surface area contributed by atoms with E-state index < -0.39 is 9.84 Å². The maximum atomic E-state index is 13.2. The standard InChI is InChI=1S/C20H23NO4S/c1-14-6-11-17(26(3,23)24)13-18(14)20(22)21-12-4-5-19(21)15-7-9-16(25-2)10-8-15/h6-11,13,19H,4-5,12H2,1-3H3. The number of hydrogen-bond acceptors (Lipinski definition) is 4. The summed E-state index contributed by atoms with van der Waals surface area (Å²) in [7, 11) is -1.73. The van der Waals surface area contributed by atoms with Crippen LogP contribution in [0.5, 0.6) is 5.75 Å². The van der Waals surface area contributed by atoms with Crippen LogP contribution < -0.4 is 4.74 Å². The monoisotopic (exact) mass is 373 g/mol. The molecule has 3 rings (SSSR count). The van der Waals surface area contributed by atoms with Gasteiger partial charge in [0.25, 0.3) is 5.91 Å². The van der Waals surface area contributed by atoms with Crippen molar-refractivity contribution in [2.24, 2.45) is 0 Å². The number of sulfone groups is 1. The van der Waals surface area contributed by atoms with Crippen LogP contribution in [0.3, 0.4) is 0 Å². The van der Waals surface area contributed by atoms with E-state index in [9.17, 15) is 13.2 Å². The third-order valence-corrected chi connectivity index (χ3v) is 5.99. The lowest BCUT2D eigenvalue weighted by atomic mass is 10.0. The van der Waals surface area contributed by atoms with Gasteiger partial charge in [-0.25, -0.2) is 8.42 Å². The van der Waals surface area contributed by atoms with Gasteiger partial charge in [-0.3, -0.25) is 4.79 Å². The number of likely N-dealkylation sites (tertiary alicyclic amines) is 1. The summed E-state index contributed by atoms with van der Waals surface area (Å²) >= 11 is 0. The van der Waals surface area contributed by atoms with Crippen LogP contribution in [-0.4, -0.2) is 39.1 Å². The highest BCUT2D eigenvalue weighted by atomic mass is 32.2.